The second-order valence-corrected chi connectivity index (χ2v) is 9.28. The summed E-state index contributed by atoms with van der Waals surface area (Å²) >= 11 is 0. The molecule has 1 fully saturated rings. The van der Waals surface area contributed by atoms with Crippen LogP contribution in [0.2, 0.25) is 0 Å². The molecule has 2 N–H and O–H groups in total. The number of nitrogens with zero attached hydrogens (tertiary/aromatic N) is 2. The van der Waals surface area contributed by atoms with Crippen LogP contribution in [0.15, 0.2) is 79.0 Å². The highest BCUT2D eigenvalue weighted by molar-refractivity contribution is 6.16. The molecule has 0 unspecified atom stereocenters. The second kappa shape index (κ2) is 13.1. The number of carbonyl (C=O) groups excluding carboxylic acids is 3. The van der Waals surface area contributed by atoms with Crippen LogP contribution in [0.25, 0.3) is 6.08 Å². The van der Waals surface area contributed by atoms with E-state index in [0.717, 1.165) is 21.6 Å². The first-order chi connectivity index (χ1) is 19.8. The molecule has 0 aromatic heterocycles. The first kappa shape index (κ1) is 28.6. The number of hydrogen-bond donors (Lipinski definition) is 2. The minimum atomic E-state index is -0.687. The van der Waals surface area contributed by atoms with E-state index in [1.54, 1.807) is 36.4 Å². The predicted molar refractivity (Wildman–Crippen MR) is 155 cm³/mol. The van der Waals surface area contributed by atoms with Crippen molar-refractivity contribution in [1.29, 1.82) is 5.26 Å². The second-order valence-electron chi connectivity index (χ2n) is 9.28. The van der Waals surface area contributed by atoms with E-state index in [4.69, 9.17) is 9.47 Å². The van der Waals surface area contributed by atoms with Gasteiger partial charge in [-0.05, 0) is 62.2 Å². The summed E-state index contributed by atoms with van der Waals surface area (Å²) in [5.41, 5.74) is 4.23. The summed E-state index contributed by atoms with van der Waals surface area (Å²) in [5.74, 6) is -0.173. The molecular formula is C32H30N4O5. The van der Waals surface area contributed by atoms with Gasteiger partial charge in [-0.3, -0.25) is 9.59 Å². The number of anilines is 1. The molecular weight excluding hydrogens is 520 g/mol. The molecule has 1 aliphatic rings. The molecule has 208 valence electrons. The van der Waals surface area contributed by atoms with E-state index in [1.807, 2.05) is 44.2 Å². The van der Waals surface area contributed by atoms with Crippen molar-refractivity contribution in [2.75, 3.05) is 18.5 Å². The van der Waals surface area contributed by atoms with E-state index in [9.17, 15) is 19.6 Å². The van der Waals surface area contributed by atoms with E-state index in [2.05, 4.69) is 23.3 Å². The van der Waals surface area contributed by atoms with Crippen molar-refractivity contribution in [1.82, 2.24) is 10.2 Å². The Bertz CT molecular complexity index is 1550. The van der Waals surface area contributed by atoms with Gasteiger partial charge in [-0.15, -0.1) is 6.58 Å². The zero-order chi connectivity index (χ0) is 29.4. The Morgan fingerprint density at radius 2 is 1.85 bits per heavy atom. The Morgan fingerprint density at radius 1 is 1.10 bits per heavy atom. The maximum Gasteiger partial charge on any atom is 0.329 e. The van der Waals surface area contributed by atoms with Crippen LogP contribution >= 0.6 is 0 Å². The van der Waals surface area contributed by atoms with Crippen molar-refractivity contribution in [2.24, 2.45) is 0 Å². The zero-order valence-electron chi connectivity index (χ0n) is 22.9. The average Bonchev–Trinajstić information content (AvgIpc) is 3.21. The Hall–Kier alpha value is -5.36. The molecule has 0 aliphatic carbocycles. The minimum Gasteiger partial charge on any atom is -0.490 e. The highest BCUT2D eigenvalue weighted by Gasteiger charge is 2.35. The lowest BCUT2D eigenvalue weighted by molar-refractivity contribution is -0.127. The summed E-state index contributed by atoms with van der Waals surface area (Å²) in [7, 11) is 0. The van der Waals surface area contributed by atoms with E-state index in [-0.39, 0.29) is 12.3 Å². The molecule has 9 nitrogen and oxygen atoms in total. The lowest BCUT2D eigenvalue weighted by atomic mass is 10.0. The van der Waals surface area contributed by atoms with Gasteiger partial charge in [0.25, 0.3) is 5.91 Å². The highest BCUT2D eigenvalue weighted by Crippen LogP contribution is 2.35. The summed E-state index contributed by atoms with van der Waals surface area (Å²) < 4.78 is 12.0. The molecule has 0 spiro atoms. The van der Waals surface area contributed by atoms with Crippen LogP contribution in [-0.2, 0) is 22.6 Å². The predicted octanol–water partition coefficient (Wildman–Crippen LogP) is 5.10. The number of benzene rings is 3. The number of amides is 4. The van der Waals surface area contributed by atoms with Gasteiger partial charge < -0.3 is 20.1 Å². The van der Waals surface area contributed by atoms with Crippen molar-refractivity contribution in [3.8, 4) is 17.6 Å². The van der Waals surface area contributed by atoms with Gasteiger partial charge in [0, 0.05) is 16.8 Å². The molecule has 3 aromatic carbocycles. The molecule has 1 aliphatic heterocycles. The Kier molecular flexibility index (Phi) is 9.17. The molecule has 9 heteroatoms. The number of allylic oxidation sites excluding steroid dienone is 1. The van der Waals surface area contributed by atoms with Crippen molar-refractivity contribution in [2.45, 2.75) is 26.9 Å². The zero-order valence-corrected chi connectivity index (χ0v) is 22.9. The molecule has 0 saturated carbocycles. The first-order valence-corrected chi connectivity index (χ1v) is 13.1. The lowest BCUT2D eigenvalue weighted by Crippen LogP contribution is -2.38. The largest absolute Gasteiger partial charge is 0.490 e. The standard InChI is InChI=1S/C32H30N4O5/c1-4-8-23-15-22(17-28(40-5-2)30(23)41-20-25-10-7-6-9-24(25)18-33)16-27-31(38)36(32(39)35-27)19-29(37)34-26-13-11-21(3)12-14-26/h4,6-7,9-17H,1,5,8,19-20H2,2-3H3,(H,34,37)(H,35,39)/b27-16+. The molecule has 41 heavy (non-hydrogen) atoms. The van der Waals surface area contributed by atoms with Gasteiger partial charge in [-0.25, -0.2) is 9.69 Å². The van der Waals surface area contributed by atoms with Gasteiger partial charge in [-0.2, -0.15) is 5.26 Å². The fourth-order valence-electron chi connectivity index (χ4n) is 4.27. The monoisotopic (exact) mass is 550 g/mol. The summed E-state index contributed by atoms with van der Waals surface area (Å²) in [6.45, 7) is 7.69. The number of ether oxygens (including phenoxy) is 2. The van der Waals surface area contributed by atoms with E-state index in [0.29, 0.717) is 41.3 Å². The number of hydrogen-bond acceptors (Lipinski definition) is 6. The Labute approximate surface area is 238 Å². The van der Waals surface area contributed by atoms with Crippen LogP contribution < -0.4 is 20.1 Å². The highest BCUT2D eigenvalue weighted by atomic mass is 16.5. The Balaban J connectivity index is 1.56. The quantitative estimate of drug-likeness (QED) is 0.195. The third-order valence-corrected chi connectivity index (χ3v) is 6.24. The van der Waals surface area contributed by atoms with Gasteiger partial charge >= 0.3 is 6.03 Å². The maximum absolute atomic E-state index is 13.1. The number of urea groups is 1. The van der Waals surface area contributed by atoms with Gasteiger partial charge in [-0.1, -0.05) is 42.0 Å². The number of nitriles is 1. The Morgan fingerprint density at radius 3 is 2.56 bits per heavy atom. The molecule has 3 aromatic rings. The number of carbonyl (C=O) groups is 3. The molecule has 4 amide bonds. The van der Waals surface area contributed by atoms with Crippen molar-refractivity contribution in [3.63, 3.8) is 0 Å². The number of aryl methyl sites for hydroxylation is 1. The van der Waals surface area contributed by atoms with Crippen LogP contribution in [0.3, 0.4) is 0 Å². The van der Waals surface area contributed by atoms with E-state index in [1.165, 1.54) is 6.08 Å². The van der Waals surface area contributed by atoms with Gasteiger partial charge in [0.2, 0.25) is 5.91 Å². The van der Waals surface area contributed by atoms with Gasteiger partial charge in [0.15, 0.2) is 11.5 Å². The van der Waals surface area contributed by atoms with Crippen LogP contribution in [0.1, 0.15) is 34.7 Å². The molecule has 0 radical (unpaired) electrons. The fourth-order valence-corrected chi connectivity index (χ4v) is 4.27. The number of nitrogens with one attached hydrogen (secondary N) is 2. The SMILES string of the molecule is C=CCc1cc(/C=C2/NC(=O)N(CC(=O)Nc3ccc(C)cc3)C2=O)cc(OCC)c1OCc1ccccc1C#N. The van der Waals surface area contributed by atoms with Crippen molar-refractivity contribution in [3.05, 3.63) is 107 Å². The topological polar surface area (TPSA) is 121 Å². The normalized spacial score (nSPS) is 13.5. The fraction of sp³-hybridized carbons (Fsp3) is 0.188. The molecule has 0 atom stereocenters. The maximum atomic E-state index is 13.1. The lowest BCUT2D eigenvalue weighted by Gasteiger charge is -2.17. The van der Waals surface area contributed by atoms with Crippen LogP contribution in [0.4, 0.5) is 10.5 Å². The number of imide groups is 1. The molecule has 0 bridgehead atoms. The van der Waals surface area contributed by atoms with Gasteiger partial charge in [0.1, 0.15) is 18.8 Å². The summed E-state index contributed by atoms with van der Waals surface area (Å²) in [6, 6.07) is 19.4. The van der Waals surface area contributed by atoms with Crippen LogP contribution in [0.5, 0.6) is 11.5 Å². The van der Waals surface area contributed by atoms with E-state index < -0.39 is 24.4 Å². The van der Waals surface area contributed by atoms with Crippen LogP contribution in [-0.4, -0.2) is 35.9 Å². The molecule has 1 heterocycles. The smallest absolute Gasteiger partial charge is 0.329 e. The molecule has 4 rings (SSSR count). The third kappa shape index (κ3) is 6.99. The minimum absolute atomic E-state index is 0.0294. The molecule has 1 saturated heterocycles. The van der Waals surface area contributed by atoms with Crippen molar-refractivity contribution < 1.29 is 23.9 Å². The summed E-state index contributed by atoms with van der Waals surface area (Å²) in [6.07, 6.45) is 3.69. The summed E-state index contributed by atoms with van der Waals surface area (Å²) in [5, 5.41) is 14.7. The van der Waals surface area contributed by atoms with E-state index >= 15 is 0 Å². The first-order valence-electron chi connectivity index (χ1n) is 13.1. The number of rotatable bonds is 11. The van der Waals surface area contributed by atoms with Gasteiger partial charge in [0.05, 0.1) is 18.2 Å². The van der Waals surface area contributed by atoms with Crippen molar-refractivity contribution >= 4 is 29.6 Å². The van der Waals surface area contributed by atoms with Crippen LogP contribution in [0, 0.1) is 18.3 Å². The average molecular weight is 551 g/mol. The summed E-state index contributed by atoms with van der Waals surface area (Å²) in [4.78, 5) is 39.0. The third-order valence-electron chi connectivity index (χ3n) is 6.24.